The van der Waals surface area contributed by atoms with Gasteiger partial charge in [-0.2, -0.15) is 0 Å². The van der Waals surface area contributed by atoms with E-state index < -0.39 is 0 Å². The van der Waals surface area contributed by atoms with Crippen LogP contribution in [0.4, 0.5) is 0 Å². The van der Waals surface area contributed by atoms with Crippen molar-refractivity contribution in [3.63, 3.8) is 0 Å². The van der Waals surface area contributed by atoms with E-state index in [1.165, 1.54) is 95.7 Å². The van der Waals surface area contributed by atoms with Crippen molar-refractivity contribution in [1.29, 1.82) is 0 Å². The molecule has 0 saturated heterocycles. The molecule has 1 aliphatic heterocycles. The van der Waals surface area contributed by atoms with E-state index >= 15 is 0 Å². The number of nitrogens with zero attached hydrogens (tertiary/aromatic N) is 2. The van der Waals surface area contributed by atoms with Gasteiger partial charge >= 0.3 is 0 Å². The average Bonchev–Trinajstić information content (AvgIpc) is 3.16. The monoisotopic (exact) mass is 434 g/mol. The van der Waals surface area contributed by atoms with Gasteiger partial charge in [0, 0.05) is 13.3 Å². The highest BCUT2D eigenvalue weighted by Gasteiger charge is 2.35. The van der Waals surface area contributed by atoms with Crippen LogP contribution in [0.5, 0.6) is 0 Å². The van der Waals surface area contributed by atoms with Crippen LogP contribution < -0.4 is 5.32 Å². The van der Waals surface area contributed by atoms with E-state index in [4.69, 9.17) is 4.99 Å². The van der Waals surface area contributed by atoms with E-state index in [0.717, 1.165) is 43.6 Å². The van der Waals surface area contributed by atoms with Crippen molar-refractivity contribution in [2.24, 2.45) is 4.99 Å². The molecule has 0 aromatic heterocycles. The summed E-state index contributed by atoms with van der Waals surface area (Å²) in [5.41, 5.74) is 0. The Kier molecular flexibility index (Phi) is 16.6. The van der Waals surface area contributed by atoms with Crippen molar-refractivity contribution in [3.8, 4) is 0 Å². The number of unbranched alkanes of at least 4 members (excludes halogenated alkanes) is 12. The number of hydrogen-bond donors (Lipinski definition) is 1. The lowest BCUT2D eigenvalue weighted by Crippen LogP contribution is -2.54. The summed E-state index contributed by atoms with van der Waals surface area (Å²) in [7, 11) is 0. The van der Waals surface area contributed by atoms with E-state index in [1.807, 2.05) is 0 Å². The first-order valence-corrected chi connectivity index (χ1v) is 13.4. The number of rotatable bonds is 20. The van der Waals surface area contributed by atoms with Gasteiger partial charge in [-0.15, -0.1) is 0 Å². The van der Waals surface area contributed by atoms with Gasteiger partial charge in [-0.05, 0) is 39.0 Å². The minimum Gasteiger partial charge on any atom is -0.351 e. The van der Waals surface area contributed by atoms with Gasteiger partial charge in [0.25, 0.3) is 0 Å². The van der Waals surface area contributed by atoms with E-state index in [1.54, 1.807) is 6.92 Å². The Morgan fingerprint density at radius 2 is 1.48 bits per heavy atom. The molecule has 0 radical (unpaired) electrons. The third-order valence-electron chi connectivity index (χ3n) is 6.80. The molecule has 0 spiro atoms. The molecule has 0 aromatic carbocycles. The highest BCUT2D eigenvalue weighted by atomic mass is 16.1. The number of quaternary nitrogens is 1. The van der Waals surface area contributed by atoms with Crippen molar-refractivity contribution in [1.82, 2.24) is 5.32 Å². The molecule has 1 atom stereocenters. The van der Waals surface area contributed by atoms with Gasteiger partial charge in [-0.3, -0.25) is 9.28 Å². The zero-order valence-electron chi connectivity index (χ0n) is 21.1. The molecule has 0 saturated carbocycles. The lowest BCUT2D eigenvalue weighted by molar-refractivity contribution is -0.833. The summed E-state index contributed by atoms with van der Waals surface area (Å²) >= 11 is 0. The number of amides is 1. The minimum atomic E-state index is 0.0709. The maximum absolute atomic E-state index is 11.2. The van der Waals surface area contributed by atoms with Crippen molar-refractivity contribution in [3.05, 3.63) is 12.2 Å². The Balaban J connectivity index is 1.98. The molecule has 0 aliphatic carbocycles. The molecule has 180 valence electrons. The van der Waals surface area contributed by atoms with Crippen LogP contribution in [0.25, 0.3) is 0 Å². The van der Waals surface area contributed by atoms with Gasteiger partial charge in [0.15, 0.2) is 5.84 Å². The molecule has 1 amide bonds. The summed E-state index contributed by atoms with van der Waals surface area (Å²) in [6.45, 7) is 11.0. The van der Waals surface area contributed by atoms with Crippen LogP contribution in [-0.4, -0.2) is 48.9 Å². The number of likely N-dealkylation sites (N-methyl/N-ethyl adjacent to an activating group) is 1. The zero-order valence-corrected chi connectivity index (χ0v) is 21.1. The van der Waals surface area contributed by atoms with Crippen molar-refractivity contribution in [2.75, 3.05) is 32.7 Å². The van der Waals surface area contributed by atoms with Gasteiger partial charge in [-0.25, -0.2) is 4.99 Å². The number of amidine groups is 1. The molecule has 4 heteroatoms. The second-order valence-corrected chi connectivity index (χ2v) is 9.38. The SMILES string of the molecule is CCCCC/C=C/CCCCCCCCCCCC1=NCC[N+]1(CC)CCNC(C)=O. The standard InChI is InChI=1S/C27H51N3O/c1-4-6-7-8-9-10-11-12-13-14-15-16-17-18-19-20-21-27-29-23-25-30(27,5-2)24-22-28-26(3)31/h9-10H,4-8,11-25H2,1-3H3/p+1/b10-9+. The summed E-state index contributed by atoms with van der Waals surface area (Å²) in [5, 5.41) is 2.96. The lowest BCUT2D eigenvalue weighted by atomic mass is 10.0. The van der Waals surface area contributed by atoms with Crippen LogP contribution >= 0.6 is 0 Å². The van der Waals surface area contributed by atoms with Gasteiger partial charge in [0.1, 0.15) is 13.1 Å². The Hall–Kier alpha value is -1.16. The molecule has 1 unspecified atom stereocenters. The van der Waals surface area contributed by atoms with Crippen LogP contribution in [0.2, 0.25) is 0 Å². The van der Waals surface area contributed by atoms with Crippen molar-refractivity contribution >= 4 is 11.7 Å². The lowest BCUT2D eigenvalue weighted by Gasteiger charge is -2.33. The molecule has 4 nitrogen and oxygen atoms in total. The van der Waals surface area contributed by atoms with Gasteiger partial charge < -0.3 is 5.32 Å². The molecule has 0 aromatic rings. The van der Waals surface area contributed by atoms with Crippen LogP contribution in [0, 0.1) is 0 Å². The predicted molar refractivity (Wildman–Crippen MR) is 136 cm³/mol. The molecular weight excluding hydrogens is 382 g/mol. The largest absolute Gasteiger partial charge is 0.351 e. The summed E-state index contributed by atoms with van der Waals surface area (Å²) in [4.78, 5) is 16.0. The minimum absolute atomic E-state index is 0.0709. The second kappa shape index (κ2) is 18.4. The highest BCUT2D eigenvalue weighted by molar-refractivity contribution is 5.77. The Morgan fingerprint density at radius 3 is 2.06 bits per heavy atom. The summed E-state index contributed by atoms with van der Waals surface area (Å²) in [6.07, 6.45) is 24.9. The molecule has 1 rings (SSSR count). The highest BCUT2D eigenvalue weighted by Crippen LogP contribution is 2.20. The Morgan fingerprint density at radius 1 is 0.903 bits per heavy atom. The summed E-state index contributed by atoms with van der Waals surface area (Å²) in [5.74, 6) is 1.45. The number of aliphatic imine (C=N–C) groups is 1. The molecule has 1 heterocycles. The fourth-order valence-electron chi connectivity index (χ4n) is 4.68. The Labute approximate surface area is 193 Å². The summed E-state index contributed by atoms with van der Waals surface area (Å²) < 4.78 is 0.994. The van der Waals surface area contributed by atoms with Crippen LogP contribution in [0.15, 0.2) is 17.1 Å². The number of allylic oxidation sites excluding steroid dienone is 2. The topological polar surface area (TPSA) is 41.5 Å². The number of hydrogen-bond acceptors (Lipinski definition) is 2. The number of nitrogens with one attached hydrogen (secondary N) is 1. The smallest absolute Gasteiger partial charge is 0.217 e. The third-order valence-corrected chi connectivity index (χ3v) is 6.80. The van der Waals surface area contributed by atoms with Crippen LogP contribution in [0.3, 0.4) is 0 Å². The molecule has 1 N–H and O–H groups in total. The maximum atomic E-state index is 11.2. The fourth-order valence-corrected chi connectivity index (χ4v) is 4.68. The molecule has 0 bridgehead atoms. The van der Waals surface area contributed by atoms with Gasteiger partial charge in [0.05, 0.1) is 19.6 Å². The van der Waals surface area contributed by atoms with E-state index in [0.29, 0.717) is 0 Å². The predicted octanol–water partition coefficient (Wildman–Crippen LogP) is 6.80. The first-order valence-electron chi connectivity index (χ1n) is 13.4. The molecule has 31 heavy (non-hydrogen) atoms. The number of carbonyl (C=O) groups excluding carboxylic acids is 1. The Bertz CT molecular complexity index is 515. The van der Waals surface area contributed by atoms with Gasteiger partial charge in [0.2, 0.25) is 5.91 Å². The van der Waals surface area contributed by atoms with Crippen molar-refractivity contribution < 1.29 is 9.28 Å². The first-order chi connectivity index (χ1) is 15.1. The van der Waals surface area contributed by atoms with Crippen LogP contribution in [-0.2, 0) is 4.79 Å². The zero-order chi connectivity index (χ0) is 22.6. The van der Waals surface area contributed by atoms with Crippen molar-refractivity contribution in [2.45, 2.75) is 117 Å². The van der Waals surface area contributed by atoms with Crippen LogP contribution in [0.1, 0.15) is 117 Å². The molecule has 1 aliphatic rings. The third kappa shape index (κ3) is 13.1. The quantitative estimate of drug-likeness (QED) is 0.128. The summed E-state index contributed by atoms with van der Waals surface area (Å²) in [6, 6.07) is 0. The molecular formula is C27H52N3O+. The maximum Gasteiger partial charge on any atom is 0.217 e. The fraction of sp³-hybridized carbons (Fsp3) is 0.852. The number of carbonyl (C=O) groups is 1. The average molecular weight is 435 g/mol. The van der Waals surface area contributed by atoms with Gasteiger partial charge in [-0.1, -0.05) is 76.9 Å². The van der Waals surface area contributed by atoms with E-state index in [-0.39, 0.29) is 5.91 Å². The van der Waals surface area contributed by atoms with E-state index in [9.17, 15) is 4.79 Å². The second-order valence-electron chi connectivity index (χ2n) is 9.38. The molecule has 0 fully saturated rings. The van der Waals surface area contributed by atoms with E-state index in [2.05, 4.69) is 31.3 Å². The normalized spacial score (nSPS) is 18.6. The first kappa shape index (κ1) is 27.9.